The predicted molar refractivity (Wildman–Crippen MR) is 76.0 cm³/mol. The monoisotopic (exact) mass is 271 g/mol. The van der Waals surface area contributed by atoms with Gasteiger partial charge < -0.3 is 0 Å². The van der Waals surface area contributed by atoms with Crippen molar-refractivity contribution in [3.8, 4) is 11.4 Å². The van der Waals surface area contributed by atoms with Gasteiger partial charge in [0.2, 0.25) is 11.0 Å². The van der Waals surface area contributed by atoms with Gasteiger partial charge in [0.15, 0.2) is 5.82 Å². The Labute approximate surface area is 115 Å². The third-order valence-corrected chi connectivity index (χ3v) is 3.91. The fraction of sp³-hybridized carbons (Fsp3) is 0.214. The van der Waals surface area contributed by atoms with Crippen molar-refractivity contribution in [2.24, 2.45) is 5.92 Å². The molecule has 2 heterocycles. The summed E-state index contributed by atoms with van der Waals surface area (Å²) in [6.45, 7) is 4.41. The van der Waals surface area contributed by atoms with Gasteiger partial charge in [-0.15, -0.1) is 6.58 Å². The van der Waals surface area contributed by atoms with Crippen molar-refractivity contribution in [3.05, 3.63) is 43.0 Å². The molecule has 1 amide bonds. The Morgan fingerprint density at radius 2 is 2.16 bits per heavy atom. The molecule has 0 radical (unpaired) electrons. The summed E-state index contributed by atoms with van der Waals surface area (Å²) in [5, 5.41) is 0.674. The Bertz CT molecular complexity index is 608. The predicted octanol–water partition coefficient (Wildman–Crippen LogP) is 2.74. The summed E-state index contributed by atoms with van der Waals surface area (Å²) in [7, 11) is 0. The lowest BCUT2D eigenvalue weighted by Gasteiger charge is -2.10. The topological polar surface area (TPSA) is 46.1 Å². The minimum atomic E-state index is 0.0978. The lowest BCUT2D eigenvalue weighted by molar-refractivity contribution is -0.117. The maximum Gasteiger partial charge on any atom is 0.229 e. The molecule has 3 rings (SSSR count). The molecule has 1 aromatic carbocycles. The van der Waals surface area contributed by atoms with Gasteiger partial charge >= 0.3 is 0 Å². The summed E-state index contributed by atoms with van der Waals surface area (Å²) in [4.78, 5) is 18.1. The zero-order chi connectivity index (χ0) is 13.2. The summed E-state index contributed by atoms with van der Waals surface area (Å²) in [6, 6.07) is 9.78. The minimum Gasteiger partial charge on any atom is -0.286 e. The number of aromatic nitrogens is 2. The van der Waals surface area contributed by atoms with Gasteiger partial charge in [-0.2, -0.15) is 9.36 Å². The van der Waals surface area contributed by atoms with Crippen LogP contribution in [0.15, 0.2) is 43.0 Å². The summed E-state index contributed by atoms with van der Waals surface area (Å²) >= 11 is 1.27. The molecule has 4 nitrogen and oxygen atoms in total. The summed E-state index contributed by atoms with van der Waals surface area (Å²) in [5.74, 6) is 0.993. The standard InChI is InChI=1S/C14H13N3OS/c1-2-10-8-12(18)17(9-10)14-15-13(16-19-14)11-6-4-3-5-7-11/h2-7,10H,1,8-9H2. The number of rotatable bonds is 3. The number of carbonyl (C=O) groups is 1. The maximum atomic E-state index is 11.9. The van der Waals surface area contributed by atoms with Crippen LogP contribution in [0.25, 0.3) is 11.4 Å². The zero-order valence-electron chi connectivity index (χ0n) is 10.3. The van der Waals surface area contributed by atoms with Crippen LogP contribution in [0.1, 0.15) is 6.42 Å². The van der Waals surface area contributed by atoms with Crippen molar-refractivity contribution in [2.75, 3.05) is 11.4 Å². The summed E-state index contributed by atoms with van der Waals surface area (Å²) in [5.41, 5.74) is 0.969. The summed E-state index contributed by atoms with van der Waals surface area (Å²) < 4.78 is 4.33. The second kappa shape index (κ2) is 4.93. The molecule has 0 saturated carbocycles. The molecule has 1 aliphatic rings. The first-order chi connectivity index (χ1) is 9.28. The number of nitrogens with zero attached hydrogens (tertiary/aromatic N) is 3. The Kier molecular flexibility index (Phi) is 3.13. The van der Waals surface area contributed by atoms with Gasteiger partial charge in [-0.25, -0.2) is 0 Å². The van der Waals surface area contributed by atoms with E-state index in [-0.39, 0.29) is 11.8 Å². The van der Waals surface area contributed by atoms with Crippen LogP contribution in [0.4, 0.5) is 5.13 Å². The van der Waals surface area contributed by atoms with E-state index >= 15 is 0 Å². The van der Waals surface area contributed by atoms with E-state index < -0.39 is 0 Å². The smallest absolute Gasteiger partial charge is 0.229 e. The number of benzene rings is 1. The number of hydrogen-bond donors (Lipinski definition) is 0. The van der Waals surface area contributed by atoms with Crippen molar-refractivity contribution in [1.29, 1.82) is 0 Å². The van der Waals surface area contributed by atoms with Gasteiger partial charge in [0.25, 0.3) is 0 Å². The average Bonchev–Trinajstić information content (AvgIpc) is 3.06. The normalized spacial score (nSPS) is 18.8. The SMILES string of the molecule is C=CC1CC(=O)N(c2nc(-c3ccccc3)ns2)C1. The van der Waals surface area contributed by atoms with E-state index in [0.717, 1.165) is 5.56 Å². The van der Waals surface area contributed by atoms with Gasteiger partial charge in [-0.1, -0.05) is 36.4 Å². The molecule has 0 N–H and O–H groups in total. The Morgan fingerprint density at radius 3 is 2.84 bits per heavy atom. The number of amides is 1. The van der Waals surface area contributed by atoms with Crippen LogP contribution in [-0.4, -0.2) is 21.8 Å². The quantitative estimate of drug-likeness (QED) is 0.806. The molecule has 1 aliphatic heterocycles. The average molecular weight is 271 g/mol. The van der Waals surface area contributed by atoms with Gasteiger partial charge in [0, 0.05) is 36.0 Å². The molecule has 1 unspecified atom stereocenters. The van der Waals surface area contributed by atoms with Crippen LogP contribution in [0, 0.1) is 5.92 Å². The van der Waals surface area contributed by atoms with Crippen LogP contribution < -0.4 is 4.90 Å². The highest BCUT2D eigenvalue weighted by molar-refractivity contribution is 7.10. The van der Waals surface area contributed by atoms with Gasteiger partial charge in [0.05, 0.1) is 0 Å². The van der Waals surface area contributed by atoms with Gasteiger partial charge in [-0.3, -0.25) is 9.69 Å². The third kappa shape index (κ3) is 2.29. The van der Waals surface area contributed by atoms with Gasteiger partial charge in [-0.05, 0) is 0 Å². The van der Waals surface area contributed by atoms with E-state index in [9.17, 15) is 4.79 Å². The van der Waals surface area contributed by atoms with E-state index in [1.54, 1.807) is 4.90 Å². The van der Waals surface area contributed by atoms with E-state index in [0.29, 0.717) is 23.9 Å². The fourth-order valence-electron chi connectivity index (χ4n) is 2.11. The largest absolute Gasteiger partial charge is 0.286 e. The second-order valence-corrected chi connectivity index (χ2v) is 5.20. The molecule has 1 saturated heterocycles. The third-order valence-electron chi connectivity index (χ3n) is 3.17. The van der Waals surface area contributed by atoms with Crippen LogP contribution >= 0.6 is 11.5 Å². The van der Waals surface area contributed by atoms with E-state index in [4.69, 9.17) is 0 Å². The van der Waals surface area contributed by atoms with E-state index in [1.807, 2.05) is 36.4 Å². The highest BCUT2D eigenvalue weighted by atomic mass is 32.1. The van der Waals surface area contributed by atoms with Crippen LogP contribution in [-0.2, 0) is 4.79 Å². The molecular formula is C14H13N3OS. The molecule has 1 aromatic heterocycles. The van der Waals surface area contributed by atoms with Crippen molar-refractivity contribution in [2.45, 2.75) is 6.42 Å². The van der Waals surface area contributed by atoms with Crippen molar-refractivity contribution >= 4 is 22.6 Å². The first kappa shape index (κ1) is 12.0. The molecule has 19 heavy (non-hydrogen) atoms. The van der Waals surface area contributed by atoms with Crippen LogP contribution in [0.2, 0.25) is 0 Å². The number of hydrogen-bond acceptors (Lipinski definition) is 4. The lowest BCUT2D eigenvalue weighted by atomic mass is 10.1. The highest BCUT2D eigenvalue weighted by Gasteiger charge is 2.30. The molecular weight excluding hydrogens is 258 g/mol. The molecule has 0 bridgehead atoms. The lowest BCUT2D eigenvalue weighted by Crippen LogP contribution is -2.24. The van der Waals surface area contributed by atoms with Crippen LogP contribution in [0.3, 0.4) is 0 Å². The number of carbonyl (C=O) groups excluding carboxylic acids is 1. The van der Waals surface area contributed by atoms with E-state index in [2.05, 4.69) is 15.9 Å². The molecule has 96 valence electrons. The molecule has 1 atom stereocenters. The molecule has 2 aromatic rings. The highest BCUT2D eigenvalue weighted by Crippen LogP contribution is 2.29. The summed E-state index contributed by atoms with van der Waals surface area (Å²) in [6.07, 6.45) is 2.35. The Balaban J connectivity index is 1.86. The van der Waals surface area contributed by atoms with E-state index in [1.165, 1.54) is 11.5 Å². The van der Waals surface area contributed by atoms with Crippen molar-refractivity contribution in [3.63, 3.8) is 0 Å². The maximum absolute atomic E-state index is 11.9. The number of anilines is 1. The molecule has 1 fully saturated rings. The van der Waals surface area contributed by atoms with Crippen molar-refractivity contribution < 1.29 is 4.79 Å². The molecule has 0 spiro atoms. The second-order valence-electron chi connectivity index (χ2n) is 4.47. The Morgan fingerprint density at radius 1 is 1.37 bits per heavy atom. The van der Waals surface area contributed by atoms with Crippen LogP contribution in [0.5, 0.6) is 0 Å². The first-order valence-corrected chi connectivity index (χ1v) is 6.87. The molecule has 0 aliphatic carbocycles. The van der Waals surface area contributed by atoms with Gasteiger partial charge in [0.1, 0.15) is 0 Å². The fourth-order valence-corrected chi connectivity index (χ4v) is 2.82. The van der Waals surface area contributed by atoms with Crippen molar-refractivity contribution in [1.82, 2.24) is 9.36 Å². The Hall–Kier alpha value is -2.01. The minimum absolute atomic E-state index is 0.0978. The molecule has 5 heteroatoms. The zero-order valence-corrected chi connectivity index (χ0v) is 11.1. The first-order valence-electron chi connectivity index (χ1n) is 6.10.